The number of para-hydroxylation sites is 2. The molecule has 9 aromatic rings. The largest absolute Gasteiger partial charge is 0.310 e. The molecule has 0 radical (unpaired) electrons. The molecule has 6 aromatic carbocycles. The summed E-state index contributed by atoms with van der Waals surface area (Å²) in [5, 5.41) is 8.95. The maximum Gasteiger partial charge on any atom is 0.0541 e. The predicted octanol–water partition coefficient (Wildman–Crippen LogP) is 11.4. The van der Waals surface area contributed by atoms with Crippen LogP contribution in [0.2, 0.25) is 0 Å². The Kier molecular flexibility index (Phi) is 7.27. The van der Waals surface area contributed by atoms with Gasteiger partial charge in [-0.05, 0) is 91.7 Å². The van der Waals surface area contributed by atoms with Crippen LogP contribution in [-0.4, -0.2) is 9.13 Å². The highest BCUT2D eigenvalue weighted by molar-refractivity contribution is 7.25. The number of fused-ring (bicyclic) bond motifs is 7. The van der Waals surface area contributed by atoms with E-state index in [4.69, 9.17) is 0 Å². The van der Waals surface area contributed by atoms with Crippen LogP contribution in [0.3, 0.4) is 0 Å². The van der Waals surface area contributed by atoms with E-state index in [0.29, 0.717) is 0 Å². The van der Waals surface area contributed by atoms with Crippen molar-refractivity contribution in [3.63, 3.8) is 0 Å². The third-order valence-electron chi connectivity index (χ3n) is 9.25. The van der Waals surface area contributed by atoms with Gasteiger partial charge >= 0.3 is 0 Å². The minimum Gasteiger partial charge on any atom is -0.310 e. The number of nitrogens with zero attached hydrogens (tertiary/aromatic N) is 2. The van der Waals surface area contributed by atoms with Gasteiger partial charge < -0.3 is 9.13 Å². The van der Waals surface area contributed by atoms with Gasteiger partial charge in [0.15, 0.2) is 0 Å². The van der Waals surface area contributed by atoms with Gasteiger partial charge in [0.05, 0.1) is 16.6 Å². The SMILES string of the molecule is C/C=c1\c(=C/C)n(-c2ccccc2)c2ccc(-c3ccc4c(c3)c3ccccc3n4-c3ccc4sc5ccccc5c4c3)cc12.CC. The van der Waals surface area contributed by atoms with Crippen molar-refractivity contribution in [2.45, 2.75) is 27.7 Å². The van der Waals surface area contributed by atoms with Crippen molar-refractivity contribution in [1.82, 2.24) is 9.13 Å². The Balaban J connectivity index is 0.00000159. The fourth-order valence-electron chi connectivity index (χ4n) is 7.24. The first kappa shape index (κ1) is 29.1. The van der Waals surface area contributed by atoms with Crippen molar-refractivity contribution in [2.75, 3.05) is 0 Å². The summed E-state index contributed by atoms with van der Waals surface area (Å²) in [5.41, 5.74) is 8.50. The maximum atomic E-state index is 2.43. The third kappa shape index (κ3) is 4.53. The van der Waals surface area contributed by atoms with Crippen molar-refractivity contribution in [3.05, 3.63) is 144 Å². The number of rotatable bonds is 3. The first-order valence-electron chi connectivity index (χ1n) is 16.5. The van der Waals surface area contributed by atoms with Gasteiger partial charge in [-0.25, -0.2) is 0 Å². The molecule has 3 aromatic heterocycles. The minimum atomic E-state index is 1.18. The fraction of sp³-hybridized carbons (Fsp3) is 0.0909. The van der Waals surface area contributed by atoms with Crippen molar-refractivity contribution >= 4 is 76.4 Å². The van der Waals surface area contributed by atoms with Gasteiger partial charge in [0.25, 0.3) is 0 Å². The summed E-state index contributed by atoms with van der Waals surface area (Å²) in [6, 6.07) is 49.0. The van der Waals surface area contributed by atoms with Crippen molar-refractivity contribution < 1.29 is 0 Å². The summed E-state index contributed by atoms with van der Waals surface area (Å²) >= 11 is 1.87. The van der Waals surface area contributed by atoms with E-state index in [0.717, 1.165) is 0 Å². The van der Waals surface area contributed by atoms with E-state index in [-0.39, 0.29) is 0 Å². The van der Waals surface area contributed by atoms with Gasteiger partial charge in [-0.2, -0.15) is 0 Å². The Morgan fingerprint density at radius 2 is 1.06 bits per heavy atom. The highest BCUT2D eigenvalue weighted by Crippen LogP contribution is 2.39. The molecular formula is C44H36N2S. The zero-order valence-electron chi connectivity index (χ0n) is 27.2. The molecule has 0 fully saturated rings. The van der Waals surface area contributed by atoms with Crippen molar-refractivity contribution in [2.24, 2.45) is 0 Å². The second kappa shape index (κ2) is 11.8. The number of thiophene rings is 1. The molecule has 0 atom stereocenters. The smallest absolute Gasteiger partial charge is 0.0541 e. The zero-order valence-corrected chi connectivity index (χ0v) is 28.0. The van der Waals surface area contributed by atoms with E-state index >= 15 is 0 Å². The molecule has 3 heterocycles. The summed E-state index contributed by atoms with van der Waals surface area (Å²) in [5.74, 6) is 0. The lowest BCUT2D eigenvalue weighted by Gasteiger charge is -2.09. The first-order chi connectivity index (χ1) is 23.2. The quantitative estimate of drug-likeness (QED) is 0.185. The fourth-order valence-corrected chi connectivity index (χ4v) is 8.33. The van der Waals surface area contributed by atoms with Crippen LogP contribution in [0.5, 0.6) is 0 Å². The highest BCUT2D eigenvalue weighted by Gasteiger charge is 2.16. The van der Waals surface area contributed by atoms with Crippen LogP contribution >= 0.6 is 11.3 Å². The Labute approximate surface area is 278 Å². The van der Waals surface area contributed by atoms with Crippen LogP contribution in [0.15, 0.2) is 133 Å². The maximum absolute atomic E-state index is 2.43. The molecule has 0 aliphatic rings. The molecule has 0 saturated heterocycles. The summed E-state index contributed by atoms with van der Waals surface area (Å²) in [6.07, 6.45) is 4.46. The summed E-state index contributed by atoms with van der Waals surface area (Å²) < 4.78 is 7.46. The van der Waals surface area contributed by atoms with Crippen LogP contribution in [-0.2, 0) is 0 Å². The number of hydrogen-bond acceptors (Lipinski definition) is 1. The van der Waals surface area contributed by atoms with Gasteiger partial charge in [0.2, 0.25) is 0 Å². The highest BCUT2D eigenvalue weighted by atomic mass is 32.1. The second-order valence-electron chi connectivity index (χ2n) is 11.6. The Morgan fingerprint density at radius 3 is 1.81 bits per heavy atom. The van der Waals surface area contributed by atoms with E-state index in [1.807, 2.05) is 25.2 Å². The molecule has 9 rings (SSSR count). The van der Waals surface area contributed by atoms with Crippen LogP contribution in [0.25, 0.3) is 87.5 Å². The molecule has 0 unspecified atom stereocenters. The predicted molar refractivity (Wildman–Crippen MR) is 207 cm³/mol. The molecule has 0 bridgehead atoms. The average molecular weight is 625 g/mol. The Hall–Kier alpha value is -5.38. The van der Waals surface area contributed by atoms with E-state index in [1.165, 1.54) is 86.0 Å². The summed E-state index contributed by atoms with van der Waals surface area (Å²) in [6.45, 7) is 8.27. The molecule has 2 nitrogen and oxygen atoms in total. The van der Waals surface area contributed by atoms with Crippen LogP contribution < -0.4 is 10.6 Å². The average Bonchev–Trinajstić information content (AvgIpc) is 3.79. The molecule has 0 amide bonds. The Morgan fingerprint density at radius 1 is 0.447 bits per heavy atom. The zero-order chi connectivity index (χ0) is 32.1. The van der Waals surface area contributed by atoms with Gasteiger partial charge in [-0.1, -0.05) is 92.7 Å². The molecule has 0 saturated carbocycles. The van der Waals surface area contributed by atoms with Crippen molar-refractivity contribution in [3.8, 4) is 22.5 Å². The summed E-state index contributed by atoms with van der Waals surface area (Å²) in [4.78, 5) is 0. The lowest BCUT2D eigenvalue weighted by molar-refractivity contribution is 1.07. The van der Waals surface area contributed by atoms with E-state index in [1.54, 1.807) is 0 Å². The molecule has 0 N–H and O–H groups in total. The second-order valence-corrected chi connectivity index (χ2v) is 12.7. The molecule has 47 heavy (non-hydrogen) atoms. The number of aromatic nitrogens is 2. The number of benzene rings is 6. The van der Waals surface area contributed by atoms with Gasteiger partial charge in [-0.15, -0.1) is 11.3 Å². The molecule has 0 aliphatic carbocycles. The monoisotopic (exact) mass is 624 g/mol. The molecule has 0 spiro atoms. The van der Waals surface area contributed by atoms with Gasteiger partial charge in [-0.3, -0.25) is 0 Å². The van der Waals surface area contributed by atoms with Gasteiger partial charge in [0, 0.05) is 58.3 Å². The van der Waals surface area contributed by atoms with Crippen molar-refractivity contribution in [1.29, 1.82) is 0 Å². The summed E-state index contributed by atoms with van der Waals surface area (Å²) in [7, 11) is 0. The third-order valence-corrected chi connectivity index (χ3v) is 10.4. The molecule has 3 heteroatoms. The lowest BCUT2D eigenvalue weighted by atomic mass is 10.0. The minimum absolute atomic E-state index is 1.18. The van der Waals surface area contributed by atoms with E-state index in [9.17, 15) is 0 Å². The van der Waals surface area contributed by atoms with Crippen LogP contribution in [0, 0.1) is 0 Å². The first-order valence-corrected chi connectivity index (χ1v) is 17.3. The molecule has 228 valence electrons. The number of hydrogen-bond donors (Lipinski definition) is 0. The van der Waals surface area contributed by atoms with Crippen LogP contribution in [0.1, 0.15) is 27.7 Å². The van der Waals surface area contributed by atoms with E-state index < -0.39 is 0 Å². The lowest BCUT2D eigenvalue weighted by Crippen LogP contribution is -2.27. The normalized spacial score (nSPS) is 12.5. The molecule has 0 aliphatic heterocycles. The van der Waals surface area contributed by atoms with Gasteiger partial charge in [0.1, 0.15) is 0 Å². The standard InChI is InChI=1S/C42H30N2S.C2H6/c1-3-31-34-24-27(18-21-39(34)43(37(31)4-2)29-12-6-5-7-13-29)28-19-22-40-35(25-28)32-14-8-10-16-38(32)44(40)30-20-23-42-36(26-30)33-15-9-11-17-41(33)45-42;1-2/h3-26H,1-2H3;1-2H3/b31-3-,37-4+;. The van der Waals surface area contributed by atoms with Crippen LogP contribution in [0.4, 0.5) is 0 Å². The topological polar surface area (TPSA) is 9.86 Å². The van der Waals surface area contributed by atoms with E-state index in [2.05, 4.69) is 169 Å². The Bertz CT molecular complexity index is 2720. The molecular weight excluding hydrogens is 589 g/mol.